The van der Waals surface area contributed by atoms with Crippen LogP contribution in [0.4, 0.5) is 0 Å². The summed E-state index contributed by atoms with van der Waals surface area (Å²) >= 11 is 9.09. The van der Waals surface area contributed by atoms with Crippen molar-refractivity contribution in [3.8, 4) is 11.5 Å². The molecule has 0 bridgehead atoms. The van der Waals surface area contributed by atoms with Gasteiger partial charge in [0.25, 0.3) is 0 Å². The van der Waals surface area contributed by atoms with Gasteiger partial charge in [-0.3, -0.25) is 4.79 Å². The van der Waals surface area contributed by atoms with Gasteiger partial charge in [0.05, 0.1) is 10.2 Å². The minimum Gasteiger partial charge on any atom is -0.486 e. The van der Waals surface area contributed by atoms with Crippen molar-refractivity contribution in [3.63, 3.8) is 0 Å². The number of carbonyl (C=O) groups is 1. The van der Waals surface area contributed by atoms with Gasteiger partial charge >= 0.3 is 0 Å². The lowest BCUT2D eigenvalue weighted by molar-refractivity contribution is -0.118. The van der Waals surface area contributed by atoms with Crippen molar-refractivity contribution < 1.29 is 14.3 Å². The van der Waals surface area contributed by atoms with Gasteiger partial charge in [0.15, 0.2) is 16.3 Å². The fourth-order valence-corrected chi connectivity index (χ4v) is 4.90. The van der Waals surface area contributed by atoms with Crippen LogP contribution in [0.2, 0.25) is 5.02 Å². The summed E-state index contributed by atoms with van der Waals surface area (Å²) in [6, 6.07) is 11.6. The predicted molar refractivity (Wildman–Crippen MR) is 114 cm³/mol. The van der Waals surface area contributed by atoms with Crippen LogP contribution in [-0.4, -0.2) is 29.4 Å². The number of hydrogen-bond acceptors (Lipinski definition) is 5. The van der Waals surface area contributed by atoms with Gasteiger partial charge < -0.3 is 14.0 Å². The molecule has 3 aromatic rings. The number of nitrogens with zero attached hydrogens (tertiary/aromatic N) is 2. The number of amides is 1. The van der Waals surface area contributed by atoms with Crippen molar-refractivity contribution in [2.45, 2.75) is 17.7 Å². The van der Waals surface area contributed by atoms with Crippen LogP contribution in [0.1, 0.15) is 12.8 Å². The Balaban J connectivity index is 1.41. The molecule has 1 amide bonds. The summed E-state index contributed by atoms with van der Waals surface area (Å²) in [7, 11) is 1.91. The van der Waals surface area contributed by atoms with Crippen LogP contribution in [0.25, 0.3) is 10.2 Å². The van der Waals surface area contributed by atoms with E-state index in [0.29, 0.717) is 24.4 Å². The maximum Gasteiger partial charge on any atom is 0.248 e. The van der Waals surface area contributed by atoms with Crippen LogP contribution in [0, 0.1) is 0 Å². The molecule has 0 radical (unpaired) electrons. The van der Waals surface area contributed by atoms with Gasteiger partial charge in [-0.25, -0.2) is 0 Å². The SMILES string of the molecule is Cn1c(=NC(=O)CCCSc2ccc(Cl)cc2)sc2cc3c(cc21)OCCO3. The molecule has 1 aliphatic heterocycles. The summed E-state index contributed by atoms with van der Waals surface area (Å²) < 4.78 is 14.2. The fraction of sp³-hybridized carbons (Fsp3) is 0.300. The molecule has 146 valence electrons. The van der Waals surface area contributed by atoms with Crippen LogP contribution < -0.4 is 14.3 Å². The van der Waals surface area contributed by atoms with Crippen LogP contribution >= 0.6 is 34.7 Å². The van der Waals surface area contributed by atoms with Crippen molar-refractivity contribution >= 4 is 50.8 Å². The number of thioether (sulfide) groups is 1. The average molecular weight is 435 g/mol. The zero-order chi connectivity index (χ0) is 19.5. The lowest BCUT2D eigenvalue weighted by Crippen LogP contribution is -2.15. The highest BCUT2D eigenvalue weighted by molar-refractivity contribution is 7.99. The Morgan fingerprint density at radius 1 is 1.21 bits per heavy atom. The highest BCUT2D eigenvalue weighted by Gasteiger charge is 2.15. The monoisotopic (exact) mass is 434 g/mol. The molecule has 2 aromatic carbocycles. The fourth-order valence-electron chi connectivity index (χ4n) is 2.88. The topological polar surface area (TPSA) is 52.8 Å². The number of hydrogen-bond donors (Lipinski definition) is 0. The zero-order valence-corrected chi connectivity index (χ0v) is 17.7. The van der Waals surface area contributed by atoms with Crippen molar-refractivity contribution in [1.29, 1.82) is 0 Å². The third-order valence-electron chi connectivity index (χ3n) is 4.31. The maximum absolute atomic E-state index is 12.3. The minimum atomic E-state index is -0.101. The summed E-state index contributed by atoms with van der Waals surface area (Å²) in [6.07, 6.45) is 1.21. The molecule has 4 rings (SSSR count). The smallest absolute Gasteiger partial charge is 0.248 e. The quantitative estimate of drug-likeness (QED) is 0.432. The van der Waals surface area contributed by atoms with Gasteiger partial charge in [-0.2, -0.15) is 4.99 Å². The Kier molecular flexibility index (Phi) is 5.94. The van der Waals surface area contributed by atoms with Crippen molar-refractivity contribution in [1.82, 2.24) is 4.57 Å². The largest absolute Gasteiger partial charge is 0.486 e. The molecular formula is C20H19ClN2O3S2. The van der Waals surface area contributed by atoms with Crippen LogP contribution in [0.3, 0.4) is 0 Å². The second-order valence-electron chi connectivity index (χ2n) is 6.32. The highest BCUT2D eigenvalue weighted by atomic mass is 35.5. The van der Waals surface area contributed by atoms with E-state index in [0.717, 1.165) is 43.8 Å². The Bertz CT molecular complexity index is 1070. The van der Waals surface area contributed by atoms with Crippen molar-refractivity contribution in [3.05, 3.63) is 46.2 Å². The molecule has 0 fully saturated rings. The number of aryl methyl sites for hydroxylation is 1. The normalized spacial score (nSPS) is 13.9. The highest BCUT2D eigenvalue weighted by Crippen LogP contribution is 2.35. The van der Waals surface area contributed by atoms with E-state index in [-0.39, 0.29) is 5.91 Å². The van der Waals surface area contributed by atoms with Crippen molar-refractivity contribution in [2.24, 2.45) is 12.0 Å². The number of halogens is 1. The van der Waals surface area contributed by atoms with Gasteiger partial charge in [0.1, 0.15) is 13.2 Å². The van der Waals surface area contributed by atoms with E-state index in [4.69, 9.17) is 21.1 Å². The Morgan fingerprint density at radius 2 is 1.93 bits per heavy atom. The van der Waals surface area contributed by atoms with E-state index >= 15 is 0 Å². The van der Waals surface area contributed by atoms with Crippen molar-refractivity contribution in [2.75, 3.05) is 19.0 Å². The minimum absolute atomic E-state index is 0.101. The first-order valence-corrected chi connectivity index (χ1v) is 11.1. The Morgan fingerprint density at radius 3 is 2.68 bits per heavy atom. The molecular weight excluding hydrogens is 416 g/mol. The molecule has 5 nitrogen and oxygen atoms in total. The molecule has 0 saturated carbocycles. The first-order chi connectivity index (χ1) is 13.6. The number of benzene rings is 2. The van der Waals surface area contributed by atoms with Gasteiger partial charge in [-0.15, -0.1) is 11.8 Å². The third-order valence-corrected chi connectivity index (χ3v) is 6.76. The molecule has 8 heteroatoms. The summed E-state index contributed by atoms with van der Waals surface area (Å²) in [6.45, 7) is 1.11. The molecule has 0 aliphatic carbocycles. The van der Waals surface area contributed by atoms with Crippen LogP contribution in [0.5, 0.6) is 11.5 Å². The number of thiazole rings is 1. The van der Waals surface area contributed by atoms with Crippen LogP contribution in [0.15, 0.2) is 46.3 Å². The molecule has 28 heavy (non-hydrogen) atoms. The van der Waals surface area contributed by atoms with E-state index in [1.807, 2.05) is 48.0 Å². The first-order valence-electron chi connectivity index (χ1n) is 8.95. The molecule has 0 unspecified atom stereocenters. The zero-order valence-electron chi connectivity index (χ0n) is 15.3. The summed E-state index contributed by atoms with van der Waals surface area (Å²) in [5.74, 6) is 2.25. The molecule has 0 N–H and O–H groups in total. The van der Waals surface area contributed by atoms with Crippen LogP contribution in [-0.2, 0) is 11.8 Å². The summed E-state index contributed by atoms with van der Waals surface area (Å²) in [5, 5.41) is 0.730. The molecule has 0 spiro atoms. The number of carbonyl (C=O) groups excluding carboxylic acids is 1. The van der Waals surface area contributed by atoms with E-state index in [2.05, 4.69) is 4.99 Å². The van der Waals surface area contributed by atoms with E-state index < -0.39 is 0 Å². The lowest BCUT2D eigenvalue weighted by atomic mass is 10.3. The number of ether oxygens (including phenoxy) is 2. The second-order valence-corrected chi connectivity index (χ2v) is 8.93. The Hall–Kier alpha value is -1.96. The lowest BCUT2D eigenvalue weighted by Gasteiger charge is -2.18. The number of fused-ring (bicyclic) bond motifs is 2. The number of aromatic nitrogens is 1. The molecule has 1 aliphatic rings. The number of rotatable bonds is 5. The Labute approximate surface area is 175 Å². The molecule has 0 saturated heterocycles. The maximum atomic E-state index is 12.3. The third kappa shape index (κ3) is 4.37. The van der Waals surface area contributed by atoms with E-state index in [9.17, 15) is 4.79 Å². The van der Waals surface area contributed by atoms with Gasteiger partial charge in [0.2, 0.25) is 5.91 Å². The van der Waals surface area contributed by atoms with E-state index in [1.165, 1.54) is 11.3 Å². The second kappa shape index (κ2) is 8.59. The van der Waals surface area contributed by atoms with Gasteiger partial charge in [0, 0.05) is 35.5 Å². The average Bonchev–Trinajstić information content (AvgIpc) is 2.99. The molecule has 0 atom stereocenters. The predicted octanol–water partition coefficient (Wildman–Crippen LogP) is 4.66. The molecule has 2 heterocycles. The summed E-state index contributed by atoms with van der Waals surface area (Å²) in [5.41, 5.74) is 0.985. The standard InChI is InChI=1S/C20H19ClN2O3S2/c1-23-15-11-16-17(26-9-8-25-16)12-18(15)28-20(23)22-19(24)3-2-10-27-14-6-4-13(21)5-7-14/h4-7,11-12H,2-3,8-10H2,1H3. The summed E-state index contributed by atoms with van der Waals surface area (Å²) in [4.78, 5) is 18.5. The molecule has 1 aromatic heterocycles. The van der Waals surface area contributed by atoms with E-state index in [1.54, 1.807) is 11.8 Å². The van der Waals surface area contributed by atoms with Gasteiger partial charge in [-0.05, 0) is 36.4 Å². The van der Waals surface area contributed by atoms with Gasteiger partial charge in [-0.1, -0.05) is 22.9 Å². The first kappa shape index (κ1) is 19.4.